The molecule has 1 amide bonds. The zero-order valence-corrected chi connectivity index (χ0v) is 24.2. The highest BCUT2D eigenvalue weighted by Crippen LogP contribution is 2.35. The molecule has 3 aromatic carbocycles. The van der Waals surface area contributed by atoms with E-state index in [0.29, 0.717) is 24.2 Å². The second kappa shape index (κ2) is 13.1. The first kappa shape index (κ1) is 29.3. The molecule has 0 aliphatic carbocycles. The zero-order chi connectivity index (χ0) is 28.8. The maximum Gasteiger partial charge on any atom is 0.337 e. The summed E-state index contributed by atoms with van der Waals surface area (Å²) in [4.78, 5) is 31.5. The Morgan fingerprint density at radius 3 is 2.15 bits per heavy atom. The Bertz CT molecular complexity index is 1290. The van der Waals surface area contributed by atoms with Crippen molar-refractivity contribution in [1.29, 1.82) is 0 Å². The average molecular weight is 544 g/mol. The second-order valence-corrected chi connectivity index (χ2v) is 10.6. The minimum atomic E-state index is -0.328. The molecular formula is C33H41N3O4. The van der Waals surface area contributed by atoms with E-state index in [-0.39, 0.29) is 35.8 Å². The number of nitrogens with zero attached hydrogens (tertiary/aromatic N) is 3. The van der Waals surface area contributed by atoms with Crippen LogP contribution in [-0.2, 0) is 11.3 Å². The lowest BCUT2D eigenvalue weighted by molar-refractivity contribution is 0.0195. The summed E-state index contributed by atoms with van der Waals surface area (Å²) in [7, 11) is 1.39. The molecule has 0 spiro atoms. The summed E-state index contributed by atoms with van der Waals surface area (Å²) >= 11 is 0. The van der Waals surface area contributed by atoms with Gasteiger partial charge in [0.1, 0.15) is 5.75 Å². The summed E-state index contributed by atoms with van der Waals surface area (Å²) in [6.45, 7) is 12.3. The van der Waals surface area contributed by atoms with E-state index in [4.69, 9.17) is 4.74 Å². The van der Waals surface area contributed by atoms with Crippen LogP contribution in [0.15, 0.2) is 72.8 Å². The van der Waals surface area contributed by atoms with Crippen LogP contribution < -0.4 is 0 Å². The SMILES string of the molecule is CCN(CC)C(=O)c1ccc([C@@H](c2cccc(O)c2)N2C[C@@H](C)N(Cc3ccc(C(=O)OC)cc3)C[C@@H]2C)cc1. The maximum absolute atomic E-state index is 12.9. The van der Waals surface area contributed by atoms with Crippen molar-refractivity contribution in [3.05, 3.63) is 101 Å². The van der Waals surface area contributed by atoms with Gasteiger partial charge in [0.15, 0.2) is 0 Å². The minimum absolute atomic E-state index is 0.0423. The van der Waals surface area contributed by atoms with Crippen molar-refractivity contribution in [1.82, 2.24) is 14.7 Å². The maximum atomic E-state index is 12.9. The summed E-state index contributed by atoms with van der Waals surface area (Å²) in [5.41, 5.74) is 4.50. The molecule has 7 nitrogen and oxygen atoms in total. The number of hydrogen-bond acceptors (Lipinski definition) is 6. The second-order valence-electron chi connectivity index (χ2n) is 10.6. The van der Waals surface area contributed by atoms with Crippen LogP contribution in [0.25, 0.3) is 0 Å². The van der Waals surface area contributed by atoms with E-state index in [1.54, 1.807) is 6.07 Å². The molecule has 3 aromatic rings. The normalized spacial score (nSPS) is 18.7. The monoisotopic (exact) mass is 543 g/mol. The summed E-state index contributed by atoms with van der Waals surface area (Å²) in [5.74, 6) is -0.0446. The topological polar surface area (TPSA) is 73.3 Å². The van der Waals surface area contributed by atoms with E-state index >= 15 is 0 Å². The third-order valence-electron chi connectivity index (χ3n) is 7.97. The van der Waals surface area contributed by atoms with Gasteiger partial charge in [-0.1, -0.05) is 36.4 Å². The molecule has 4 rings (SSSR count). The number of phenolic OH excluding ortho intramolecular Hbond substituents is 1. The first-order chi connectivity index (χ1) is 19.2. The van der Waals surface area contributed by atoms with Crippen molar-refractivity contribution < 1.29 is 19.4 Å². The van der Waals surface area contributed by atoms with Crippen LogP contribution in [0, 0.1) is 0 Å². The largest absolute Gasteiger partial charge is 0.508 e. The number of rotatable bonds is 9. The number of carbonyl (C=O) groups excluding carboxylic acids is 2. The third kappa shape index (κ3) is 6.54. The lowest BCUT2D eigenvalue weighted by atomic mass is 9.92. The van der Waals surface area contributed by atoms with Gasteiger partial charge >= 0.3 is 5.97 Å². The van der Waals surface area contributed by atoms with Crippen LogP contribution in [0.3, 0.4) is 0 Å². The molecular weight excluding hydrogens is 502 g/mol. The summed E-state index contributed by atoms with van der Waals surface area (Å²) in [6.07, 6.45) is 0. The van der Waals surface area contributed by atoms with Crippen molar-refractivity contribution in [3.63, 3.8) is 0 Å². The number of ether oxygens (including phenoxy) is 1. The predicted octanol–water partition coefficient (Wildman–Crippen LogP) is 5.35. The van der Waals surface area contributed by atoms with Crippen molar-refractivity contribution >= 4 is 11.9 Å². The van der Waals surface area contributed by atoms with Crippen molar-refractivity contribution in [2.75, 3.05) is 33.3 Å². The third-order valence-corrected chi connectivity index (χ3v) is 7.97. The van der Waals surface area contributed by atoms with Crippen molar-refractivity contribution in [2.45, 2.75) is 52.4 Å². The van der Waals surface area contributed by atoms with Gasteiger partial charge in [-0.05, 0) is 80.8 Å². The molecule has 1 heterocycles. The molecule has 1 fully saturated rings. The van der Waals surface area contributed by atoms with Crippen LogP contribution in [-0.4, -0.2) is 77.1 Å². The number of benzene rings is 3. The van der Waals surface area contributed by atoms with Gasteiger partial charge in [0.05, 0.1) is 18.7 Å². The van der Waals surface area contributed by atoms with E-state index in [1.165, 1.54) is 7.11 Å². The van der Waals surface area contributed by atoms with Crippen LogP contribution in [0.2, 0.25) is 0 Å². The summed E-state index contributed by atoms with van der Waals surface area (Å²) in [5, 5.41) is 10.3. The number of amides is 1. The van der Waals surface area contributed by atoms with Crippen molar-refractivity contribution in [2.24, 2.45) is 0 Å². The number of esters is 1. The standard InChI is InChI=1S/C33H41N3O4/c1-6-34(7-2)32(38)27-17-15-26(16-18-27)31(29-9-8-10-30(37)19-29)36-21-23(3)35(20-24(36)4)22-25-11-13-28(14-12-25)33(39)40-5/h8-19,23-24,31,37H,6-7,20-22H2,1-5H3/t23-,24+,31+/m1/s1. The number of piperazine rings is 1. The first-order valence-corrected chi connectivity index (χ1v) is 14.1. The highest BCUT2D eigenvalue weighted by atomic mass is 16.5. The Morgan fingerprint density at radius 2 is 1.55 bits per heavy atom. The molecule has 0 bridgehead atoms. The zero-order valence-electron chi connectivity index (χ0n) is 24.2. The fourth-order valence-corrected chi connectivity index (χ4v) is 5.68. The molecule has 0 saturated carbocycles. The smallest absolute Gasteiger partial charge is 0.337 e. The molecule has 1 aliphatic rings. The van der Waals surface area contributed by atoms with E-state index in [0.717, 1.165) is 36.3 Å². The van der Waals surface area contributed by atoms with Crippen molar-refractivity contribution in [3.8, 4) is 5.75 Å². The molecule has 40 heavy (non-hydrogen) atoms. The predicted molar refractivity (Wildman–Crippen MR) is 157 cm³/mol. The summed E-state index contributed by atoms with van der Waals surface area (Å²) in [6, 6.07) is 23.5. The van der Waals surface area contributed by atoms with Crippen LogP contribution in [0.1, 0.15) is 71.1 Å². The Balaban J connectivity index is 1.57. The number of aromatic hydroxyl groups is 1. The summed E-state index contributed by atoms with van der Waals surface area (Å²) < 4.78 is 4.82. The highest BCUT2D eigenvalue weighted by molar-refractivity contribution is 5.94. The van der Waals surface area contributed by atoms with Gasteiger partial charge in [-0.2, -0.15) is 0 Å². The lowest BCUT2D eigenvalue weighted by Gasteiger charge is -2.47. The number of methoxy groups -OCH3 is 1. The fraction of sp³-hybridized carbons (Fsp3) is 0.394. The highest BCUT2D eigenvalue weighted by Gasteiger charge is 2.35. The number of phenols is 1. The molecule has 7 heteroatoms. The van der Waals surface area contributed by atoms with E-state index < -0.39 is 0 Å². The van der Waals surface area contributed by atoms with Gasteiger partial charge in [-0.15, -0.1) is 0 Å². The minimum Gasteiger partial charge on any atom is -0.508 e. The molecule has 0 unspecified atom stereocenters. The van der Waals surface area contributed by atoms with Crippen LogP contribution in [0.4, 0.5) is 0 Å². The van der Waals surface area contributed by atoms with Gasteiger partial charge in [0.25, 0.3) is 5.91 Å². The fourth-order valence-electron chi connectivity index (χ4n) is 5.68. The first-order valence-electron chi connectivity index (χ1n) is 14.1. The average Bonchev–Trinajstić information content (AvgIpc) is 2.96. The van der Waals surface area contributed by atoms with Crippen LogP contribution in [0.5, 0.6) is 5.75 Å². The van der Waals surface area contributed by atoms with Crippen LogP contribution >= 0.6 is 0 Å². The molecule has 1 aliphatic heterocycles. The molecule has 1 saturated heterocycles. The van der Waals surface area contributed by atoms with Gasteiger partial charge in [0, 0.05) is 50.4 Å². The van der Waals surface area contributed by atoms with E-state index in [2.05, 4.69) is 41.8 Å². The Labute approximate surface area is 238 Å². The van der Waals surface area contributed by atoms with Gasteiger partial charge in [-0.3, -0.25) is 14.6 Å². The number of carbonyl (C=O) groups is 2. The van der Waals surface area contributed by atoms with E-state index in [1.807, 2.05) is 67.3 Å². The Morgan fingerprint density at radius 1 is 0.900 bits per heavy atom. The lowest BCUT2D eigenvalue weighted by Crippen LogP contribution is -2.56. The van der Waals surface area contributed by atoms with Gasteiger partial charge in [0.2, 0.25) is 0 Å². The van der Waals surface area contributed by atoms with E-state index in [9.17, 15) is 14.7 Å². The molecule has 3 atom stereocenters. The molecule has 0 aromatic heterocycles. The molecule has 1 N–H and O–H groups in total. The van der Waals surface area contributed by atoms with Gasteiger partial charge in [-0.25, -0.2) is 4.79 Å². The number of hydrogen-bond donors (Lipinski definition) is 1. The Kier molecular flexibility index (Phi) is 9.61. The molecule has 0 radical (unpaired) electrons. The molecule has 212 valence electrons. The van der Waals surface area contributed by atoms with Gasteiger partial charge < -0.3 is 14.7 Å². The quantitative estimate of drug-likeness (QED) is 0.367. The Hall–Kier alpha value is -3.68.